The Bertz CT molecular complexity index is 470. The van der Waals surface area contributed by atoms with Gasteiger partial charge in [0, 0.05) is 5.69 Å². The van der Waals surface area contributed by atoms with Crippen LogP contribution in [0.1, 0.15) is 56.6 Å². The number of rotatable bonds is 1. The minimum atomic E-state index is -0.194. The Morgan fingerprint density at radius 2 is 1.94 bits per heavy atom. The second kappa shape index (κ2) is 3.59. The topological polar surface area (TPSA) is 29.1 Å². The quantitative estimate of drug-likeness (QED) is 0.783. The van der Waals surface area contributed by atoms with Gasteiger partial charge in [0.05, 0.1) is 5.41 Å². The maximum Gasteiger partial charge on any atom is 0.235 e. The Morgan fingerprint density at radius 3 is 2.59 bits per heavy atom. The van der Waals surface area contributed by atoms with Gasteiger partial charge in [-0.15, -0.1) is 0 Å². The van der Waals surface area contributed by atoms with E-state index in [0.29, 0.717) is 5.92 Å². The minimum absolute atomic E-state index is 0.194. The van der Waals surface area contributed by atoms with Crippen molar-refractivity contribution >= 4 is 11.6 Å². The summed E-state index contributed by atoms with van der Waals surface area (Å²) < 4.78 is 0. The fourth-order valence-corrected chi connectivity index (χ4v) is 3.27. The van der Waals surface area contributed by atoms with Crippen LogP contribution in [0.15, 0.2) is 18.2 Å². The number of anilines is 1. The predicted octanol–water partition coefficient (Wildman–Crippen LogP) is 3.57. The first-order chi connectivity index (χ1) is 8.13. The van der Waals surface area contributed by atoms with Crippen molar-refractivity contribution in [2.75, 3.05) is 5.32 Å². The molecular formula is C15H19NO. The molecule has 0 saturated heterocycles. The molecule has 1 amide bonds. The molecule has 1 N–H and O–H groups in total. The summed E-state index contributed by atoms with van der Waals surface area (Å²) in [6, 6.07) is 6.47. The summed E-state index contributed by atoms with van der Waals surface area (Å²) in [5, 5.41) is 3.06. The maximum absolute atomic E-state index is 12.2. The van der Waals surface area contributed by atoms with Gasteiger partial charge < -0.3 is 5.32 Å². The lowest BCUT2D eigenvalue weighted by Gasteiger charge is -2.21. The van der Waals surface area contributed by atoms with Gasteiger partial charge >= 0.3 is 0 Å². The summed E-state index contributed by atoms with van der Waals surface area (Å²) in [5.74, 6) is 0.750. The highest BCUT2D eigenvalue weighted by Gasteiger charge is 2.48. The molecule has 0 atom stereocenters. The lowest BCUT2D eigenvalue weighted by Crippen LogP contribution is -2.31. The molecule has 3 rings (SSSR count). The smallest absolute Gasteiger partial charge is 0.235 e. The van der Waals surface area contributed by atoms with Crippen LogP contribution in [0.3, 0.4) is 0 Å². The molecule has 17 heavy (non-hydrogen) atoms. The molecule has 1 fully saturated rings. The maximum atomic E-state index is 12.2. The van der Waals surface area contributed by atoms with Crippen LogP contribution in [-0.2, 0) is 10.2 Å². The molecule has 1 aliphatic heterocycles. The number of amides is 1. The molecule has 90 valence electrons. The Labute approximate surface area is 102 Å². The van der Waals surface area contributed by atoms with Crippen molar-refractivity contribution < 1.29 is 4.79 Å². The van der Waals surface area contributed by atoms with Gasteiger partial charge in [0.1, 0.15) is 0 Å². The molecule has 0 unspecified atom stereocenters. The molecule has 1 heterocycles. The van der Waals surface area contributed by atoms with E-state index in [4.69, 9.17) is 0 Å². The second-order valence-corrected chi connectivity index (χ2v) is 5.70. The average molecular weight is 229 g/mol. The van der Waals surface area contributed by atoms with Crippen LogP contribution >= 0.6 is 0 Å². The zero-order valence-electron chi connectivity index (χ0n) is 10.5. The van der Waals surface area contributed by atoms with E-state index in [-0.39, 0.29) is 11.3 Å². The van der Waals surface area contributed by atoms with Crippen molar-refractivity contribution in [2.45, 2.75) is 50.9 Å². The van der Waals surface area contributed by atoms with E-state index in [1.807, 2.05) is 0 Å². The SMILES string of the molecule is CC(C)c1ccc2c(c1)C1(CCCC1)C(=O)N2. The van der Waals surface area contributed by atoms with Crippen LogP contribution in [0.2, 0.25) is 0 Å². The molecule has 0 bridgehead atoms. The van der Waals surface area contributed by atoms with Crippen molar-refractivity contribution in [1.29, 1.82) is 0 Å². The van der Waals surface area contributed by atoms with Gasteiger partial charge in [0.25, 0.3) is 0 Å². The second-order valence-electron chi connectivity index (χ2n) is 5.70. The molecule has 1 saturated carbocycles. The van der Waals surface area contributed by atoms with Gasteiger partial charge in [0.15, 0.2) is 0 Å². The van der Waals surface area contributed by atoms with Crippen molar-refractivity contribution in [1.82, 2.24) is 0 Å². The largest absolute Gasteiger partial charge is 0.325 e. The zero-order valence-corrected chi connectivity index (χ0v) is 10.5. The average Bonchev–Trinajstić information content (AvgIpc) is 2.88. The third kappa shape index (κ3) is 1.43. The highest BCUT2D eigenvalue weighted by Crippen LogP contribution is 2.49. The van der Waals surface area contributed by atoms with E-state index in [2.05, 4.69) is 37.4 Å². The van der Waals surface area contributed by atoms with Gasteiger partial charge in [-0.3, -0.25) is 4.79 Å². The number of nitrogens with one attached hydrogen (secondary N) is 1. The molecule has 2 aliphatic rings. The summed E-state index contributed by atoms with van der Waals surface area (Å²) in [6.45, 7) is 4.40. The van der Waals surface area contributed by atoms with Crippen LogP contribution < -0.4 is 5.32 Å². The highest BCUT2D eigenvalue weighted by atomic mass is 16.2. The van der Waals surface area contributed by atoms with Crippen LogP contribution in [0.4, 0.5) is 5.69 Å². The van der Waals surface area contributed by atoms with E-state index in [1.165, 1.54) is 24.0 Å². The molecule has 1 aliphatic carbocycles. The first-order valence-corrected chi connectivity index (χ1v) is 6.59. The minimum Gasteiger partial charge on any atom is -0.325 e. The molecule has 2 nitrogen and oxygen atoms in total. The number of hydrogen-bond acceptors (Lipinski definition) is 1. The van der Waals surface area contributed by atoms with Crippen LogP contribution in [0.25, 0.3) is 0 Å². The normalized spacial score (nSPS) is 21.0. The Balaban J connectivity index is 2.13. The Morgan fingerprint density at radius 1 is 1.24 bits per heavy atom. The summed E-state index contributed by atoms with van der Waals surface area (Å²) in [5.41, 5.74) is 3.44. The third-order valence-corrected chi connectivity index (χ3v) is 4.37. The van der Waals surface area contributed by atoms with Gasteiger partial charge in [-0.1, -0.05) is 38.8 Å². The van der Waals surface area contributed by atoms with E-state index in [0.717, 1.165) is 18.5 Å². The highest BCUT2D eigenvalue weighted by molar-refractivity contribution is 6.06. The monoisotopic (exact) mass is 229 g/mol. The molecular weight excluding hydrogens is 210 g/mol. The number of carbonyl (C=O) groups excluding carboxylic acids is 1. The van der Waals surface area contributed by atoms with Crippen molar-refractivity contribution in [3.05, 3.63) is 29.3 Å². The molecule has 1 aromatic rings. The van der Waals surface area contributed by atoms with Crippen molar-refractivity contribution in [3.8, 4) is 0 Å². The Kier molecular flexibility index (Phi) is 2.29. The summed E-state index contributed by atoms with van der Waals surface area (Å²) in [4.78, 5) is 12.2. The first-order valence-electron chi connectivity index (χ1n) is 6.59. The van der Waals surface area contributed by atoms with Gasteiger partial charge in [-0.25, -0.2) is 0 Å². The molecule has 1 spiro atoms. The lowest BCUT2D eigenvalue weighted by atomic mass is 9.79. The van der Waals surface area contributed by atoms with E-state index >= 15 is 0 Å². The fraction of sp³-hybridized carbons (Fsp3) is 0.533. The van der Waals surface area contributed by atoms with E-state index in [1.54, 1.807) is 0 Å². The number of carbonyl (C=O) groups is 1. The van der Waals surface area contributed by atoms with Crippen LogP contribution in [-0.4, -0.2) is 5.91 Å². The van der Waals surface area contributed by atoms with Gasteiger partial charge in [0.2, 0.25) is 5.91 Å². The van der Waals surface area contributed by atoms with Gasteiger partial charge in [-0.2, -0.15) is 0 Å². The summed E-state index contributed by atoms with van der Waals surface area (Å²) >= 11 is 0. The number of hydrogen-bond donors (Lipinski definition) is 1. The number of benzene rings is 1. The molecule has 0 aromatic heterocycles. The van der Waals surface area contributed by atoms with Gasteiger partial charge in [-0.05, 0) is 36.0 Å². The van der Waals surface area contributed by atoms with E-state index < -0.39 is 0 Å². The summed E-state index contributed by atoms with van der Waals surface area (Å²) in [6.07, 6.45) is 4.40. The van der Waals surface area contributed by atoms with E-state index in [9.17, 15) is 4.79 Å². The fourth-order valence-electron chi connectivity index (χ4n) is 3.27. The molecule has 1 aromatic carbocycles. The standard InChI is InChI=1S/C15H19NO/c1-10(2)11-5-6-13-12(9-11)15(14(17)16-13)7-3-4-8-15/h5-6,9-10H,3-4,7-8H2,1-2H3,(H,16,17). The number of fused-ring (bicyclic) bond motifs is 2. The third-order valence-electron chi connectivity index (χ3n) is 4.37. The van der Waals surface area contributed by atoms with Crippen molar-refractivity contribution in [3.63, 3.8) is 0 Å². The Hall–Kier alpha value is -1.31. The molecule has 0 radical (unpaired) electrons. The predicted molar refractivity (Wildman–Crippen MR) is 69.3 cm³/mol. The van der Waals surface area contributed by atoms with Crippen LogP contribution in [0, 0.1) is 0 Å². The first kappa shape index (κ1) is 10.8. The summed E-state index contributed by atoms with van der Waals surface area (Å²) in [7, 11) is 0. The lowest BCUT2D eigenvalue weighted by molar-refractivity contribution is -0.120. The zero-order chi connectivity index (χ0) is 12.0. The molecule has 2 heteroatoms. The van der Waals surface area contributed by atoms with Crippen LogP contribution in [0.5, 0.6) is 0 Å². The van der Waals surface area contributed by atoms with Crippen molar-refractivity contribution in [2.24, 2.45) is 0 Å².